The molecule has 0 atom stereocenters. The molecule has 1 saturated carbocycles. The van der Waals surface area contributed by atoms with Crippen LogP contribution in [0, 0.1) is 0 Å². The van der Waals surface area contributed by atoms with E-state index in [0.29, 0.717) is 5.92 Å². The molecule has 0 saturated heterocycles. The first kappa shape index (κ1) is 41.2. The SMILES string of the molecule is c1ccc(-c2cccc([Si](c3ccccc3)(c3cccc(-c4ccccc4)c3)c3cccc(-n4c5ccccc5c5c(-n6c7ccccc7c7ccc(C8CCCCC8)cc76)cccc54)c3)c2)cc1. The Balaban J connectivity index is 1.07. The zero-order chi connectivity index (χ0) is 45.7. The fourth-order valence-corrected chi connectivity index (χ4v) is 16.9. The topological polar surface area (TPSA) is 9.86 Å². The second-order valence-electron chi connectivity index (χ2n) is 19.0. The summed E-state index contributed by atoms with van der Waals surface area (Å²) in [5.74, 6) is 0.618. The summed E-state index contributed by atoms with van der Waals surface area (Å²) < 4.78 is 5.10. The number of fused-ring (bicyclic) bond motifs is 6. The number of hydrogen-bond acceptors (Lipinski definition) is 0. The Morgan fingerprint density at radius 2 is 0.812 bits per heavy atom. The maximum Gasteiger partial charge on any atom is 0.179 e. The molecule has 0 bridgehead atoms. The smallest absolute Gasteiger partial charge is 0.179 e. The number of benzene rings is 10. The van der Waals surface area contributed by atoms with Gasteiger partial charge in [-0.2, -0.15) is 0 Å². The largest absolute Gasteiger partial charge is 0.309 e. The molecule has 1 fully saturated rings. The summed E-state index contributed by atoms with van der Waals surface area (Å²) in [5, 5.41) is 10.5. The lowest BCUT2D eigenvalue weighted by Crippen LogP contribution is -2.74. The Hall–Kier alpha value is -7.98. The third-order valence-electron chi connectivity index (χ3n) is 15.2. The van der Waals surface area contributed by atoms with Gasteiger partial charge in [-0.1, -0.05) is 226 Å². The molecule has 1 aliphatic carbocycles. The van der Waals surface area contributed by atoms with E-state index in [1.165, 1.54) is 130 Å². The molecule has 0 spiro atoms. The third kappa shape index (κ3) is 6.91. The van der Waals surface area contributed by atoms with Crippen LogP contribution in [-0.2, 0) is 0 Å². The van der Waals surface area contributed by atoms with Crippen LogP contribution in [0.15, 0.2) is 249 Å². The predicted octanol–water partition coefficient (Wildman–Crippen LogP) is 14.6. The van der Waals surface area contributed by atoms with E-state index in [1.54, 1.807) is 0 Å². The van der Waals surface area contributed by atoms with Crippen molar-refractivity contribution >= 4 is 72.4 Å². The van der Waals surface area contributed by atoms with Gasteiger partial charge in [0, 0.05) is 27.2 Å². The highest BCUT2D eigenvalue weighted by molar-refractivity contribution is 7.20. The van der Waals surface area contributed by atoms with Gasteiger partial charge in [0.25, 0.3) is 0 Å². The van der Waals surface area contributed by atoms with Crippen molar-refractivity contribution in [2.75, 3.05) is 0 Å². The standard InChI is InChI=1S/C66H52N2Si/c1-5-21-47(22-6-1)50-27-17-32-55(43-50)69(54-30-11-4-12-31-54,56-33-18-28-51(44-56)48-23-7-2-8-24-48)57-34-19-29-53(46-57)67-62-38-16-14-36-60(62)66-63(67)39-20-40-64(66)68-61-37-15-13-35-58(61)59-42-41-52(45-65(59)68)49-25-9-3-10-26-49/h1-2,4-8,11-24,27-46,49H,3,9-10,25-26H2. The summed E-state index contributed by atoms with van der Waals surface area (Å²) in [6, 6.07) is 93.8. The maximum atomic E-state index is 2.57. The van der Waals surface area contributed by atoms with Gasteiger partial charge in [-0.05, 0) is 110 Å². The minimum atomic E-state index is -3.06. The van der Waals surface area contributed by atoms with Gasteiger partial charge in [-0.25, -0.2) is 0 Å². The molecule has 13 rings (SSSR count). The highest BCUT2D eigenvalue weighted by Gasteiger charge is 2.42. The van der Waals surface area contributed by atoms with Crippen molar-refractivity contribution in [2.24, 2.45) is 0 Å². The van der Waals surface area contributed by atoms with E-state index in [2.05, 4.69) is 258 Å². The van der Waals surface area contributed by atoms with E-state index < -0.39 is 8.07 Å². The Kier molecular flexibility index (Phi) is 10.3. The molecule has 330 valence electrons. The Morgan fingerprint density at radius 1 is 0.319 bits per heavy atom. The van der Waals surface area contributed by atoms with Gasteiger partial charge in [0.05, 0.1) is 27.8 Å². The average molecular weight is 901 g/mol. The fraction of sp³-hybridized carbons (Fsp3) is 0.0909. The summed E-state index contributed by atoms with van der Waals surface area (Å²) in [4.78, 5) is 0. The van der Waals surface area contributed by atoms with Crippen LogP contribution in [0.4, 0.5) is 0 Å². The molecule has 12 aromatic rings. The minimum absolute atomic E-state index is 0.618. The number of aromatic nitrogens is 2. The molecule has 0 aliphatic heterocycles. The Morgan fingerprint density at radius 3 is 1.48 bits per heavy atom. The molecule has 69 heavy (non-hydrogen) atoms. The fourth-order valence-electron chi connectivity index (χ4n) is 12.1. The van der Waals surface area contributed by atoms with Crippen LogP contribution in [0.25, 0.3) is 77.2 Å². The second kappa shape index (κ2) is 17.3. The van der Waals surface area contributed by atoms with Gasteiger partial charge in [0.1, 0.15) is 0 Å². The van der Waals surface area contributed by atoms with Gasteiger partial charge in [-0.3, -0.25) is 0 Å². The number of hydrogen-bond donors (Lipinski definition) is 0. The van der Waals surface area contributed by atoms with Crippen LogP contribution in [0.2, 0.25) is 0 Å². The van der Waals surface area contributed by atoms with Crippen LogP contribution in [0.5, 0.6) is 0 Å². The van der Waals surface area contributed by atoms with E-state index in [4.69, 9.17) is 0 Å². The van der Waals surface area contributed by atoms with Gasteiger partial charge in [0.2, 0.25) is 0 Å². The van der Waals surface area contributed by atoms with Crippen molar-refractivity contribution in [1.82, 2.24) is 9.13 Å². The highest BCUT2D eigenvalue weighted by Crippen LogP contribution is 2.42. The van der Waals surface area contributed by atoms with E-state index in [1.807, 2.05) is 0 Å². The molecule has 2 aromatic heterocycles. The first-order valence-corrected chi connectivity index (χ1v) is 26.8. The van der Waals surface area contributed by atoms with E-state index in [9.17, 15) is 0 Å². The molecular weight excluding hydrogens is 849 g/mol. The zero-order valence-corrected chi connectivity index (χ0v) is 39.7. The van der Waals surface area contributed by atoms with Gasteiger partial charge in [-0.15, -0.1) is 0 Å². The molecule has 0 N–H and O–H groups in total. The molecule has 1 aliphatic rings. The van der Waals surface area contributed by atoms with Crippen molar-refractivity contribution in [3.05, 3.63) is 254 Å². The zero-order valence-electron chi connectivity index (χ0n) is 38.7. The van der Waals surface area contributed by atoms with Crippen LogP contribution < -0.4 is 20.7 Å². The summed E-state index contributed by atoms with van der Waals surface area (Å²) in [5.41, 5.74) is 13.7. The lowest BCUT2D eigenvalue weighted by Gasteiger charge is -2.35. The van der Waals surface area contributed by atoms with Crippen molar-refractivity contribution in [1.29, 1.82) is 0 Å². The van der Waals surface area contributed by atoms with Crippen molar-refractivity contribution in [2.45, 2.75) is 38.0 Å². The van der Waals surface area contributed by atoms with Crippen molar-refractivity contribution in [3.8, 4) is 33.6 Å². The quantitative estimate of drug-likeness (QED) is 0.101. The molecule has 0 amide bonds. The normalized spacial score (nSPS) is 13.4. The summed E-state index contributed by atoms with van der Waals surface area (Å²) in [6.45, 7) is 0. The molecule has 2 heterocycles. The Labute approximate surface area is 405 Å². The number of nitrogens with zero attached hydrogens (tertiary/aromatic N) is 2. The van der Waals surface area contributed by atoms with Crippen molar-refractivity contribution < 1.29 is 0 Å². The molecule has 0 radical (unpaired) electrons. The predicted molar refractivity (Wildman–Crippen MR) is 295 cm³/mol. The first-order chi connectivity index (χ1) is 34.2. The molecular formula is C66H52N2Si. The monoisotopic (exact) mass is 900 g/mol. The lowest BCUT2D eigenvalue weighted by molar-refractivity contribution is 0.444. The Bertz CT molecular complexity index is 3740. The molecule has 0 unspecified atom stereocenters. The lowest BCUT2D eigenvalue weighted by atomic mass is 9.84. The first-order valence-electron chi connectivity index (χ1n) is 24.8. The van der Waals surface area contributed by atoms with Crippen molar-refractivity contribution in [3.63, 3.8) is 0 Å². The number of para-hydroxylation sites is 2. The maximum absolute atomic E-state index is 3.06. The average Bonchev–Trinajstić information content (AvgIpc) is 3.95. The van der Waals surface area contributed by atoms with E-state index >= 15 is 0 Å². The van der Waals surface area contributed by atoms with Crippen LogP contribution in [0.1, 0.15) is 43.6 Å². The van der Waals surface area contributed by atoms with Gasteiger partial charge >= 0.3 is 0 Å². The second-order valence-corrected chi connectivity index (χ2v) is 22.9. The minimum Gasteiger partial charge on any atom is -0.309 e. The van der Waals surface area contributed by atoms with E-state index in [0.717, 1.165) is 5.69 Å². The summed E-state index contributed by atoms with van der Waals surface area (Å²) in [7, 11) is -3.06. The molecule has 10 aromatic carbocycles. The third-order valence-corrected chi connectivity index (χ3v) is 20.0. The molecule has 3 heteroatoms. The summed E-state index contributed by atoms with van der Waals surface area (Å²) >= 11 is 0. The highest BCUT2D eigenvalue weighted by atomic mass is 28.3. The number of rotatable bonds is 9. The van der Waals surface area contributed by atoms with Gasteiger partial charge in [0.15, 0.2) is 8.07 Å². The van der Waals surface area contributed by atoms with Crippen LogP contribution >= 0.6 is 0 Å². The summed E-state index contributed by atoms with van der Waals surface area (Å²) in [6.07, 6.45) is 6.55. The van der Waals surface area contributed by atoms with E-state index in [-0.39, 0.29) is 0 Å². The van der Waals surface area contributed by atoms with Crippen LogP contribution in [0.3, 0.4) is 0 Å². The van der Waals surface area contributed by atoms with Crippen LogP contribution in [-0.4, -0.2) is 17.2 Å². The molecule has 2 nitrogen and oxygen atoms in total. The van der Waals surface area contributed by atoms with Gasteiger partial charge < -0.3 is 9.13 Å².